The molecule has 0 radical (unpaired) electrons. The van der Waals surface area contributed by atoms with Crippen molar-refractivity contribution < 1.29 is 9.47 Å². The van der Waals surface area contributed by atoms with Gasteiger partial charge in [0.2, 0.25) is 0 Å². The van der Waals surface area contributed by atoms with Gasteiger partial charge >= 0.3 is 0 Å². The van der Waals surface area contributed by atoms with Crippen LogP contribution in [0.1, 0.15) is 5.56 Å². The molecule has 0 bridgehead atoms. The van der Waals surface area contributed by atoms with Crippen LogP contribution in [0, 0.1) is 11.8 Å². The van der Waals surface area contributed by atoms with Crippen molar-refractivity contribution in [2.75, 3.05) is 25.7 Å². The smallest absolute Gasteiger partial charge is 0.124 e. The van der Waals surface area contributed by atoms with Crippen LogP contribution in [0.25, 0.3) is 22.3 Å². The summed E-state index contributed by atoms with van der Waals surface area (Å²) < 4.78 is 12.8. The van der Waals surface area contributed by atoms with E-state index >= 15 is 0 Å². The molecular weight excluding hydrogens is 452 g/mol. The molecule has 36 heavy (non-hydrogen) atoms. The quantitative estimate of drug-likeness (QED) is 0.331. The van der Waals surface area contributed by atoms with Gasteiger partial charge < -0.3 is 14.4 Å². The predicted octanol–water partition coefficient (Wildman–Crippen LogP) is 4.63. The lowest BCUT2D eigenvalue weighted by Crippen LogP contribution is -2.17. The number of methoxy groups -OCH3 is 2. The lowest BCUT2D eigenvalue weighted by Gasteiger charge is -2.24. The van der Waals surface area contributed by atoms with E-state index in [1.54, 1.807) is 43.7 Å². The molecule has 0 aliphatic rings. The largest absolute Gasteiger partial charge is 0.497 e. The number of ether oxygens (including phenoxy) is 2. The highest BCUT2D eigenvalue weighted by atomic mass is 16.5. The molecule has 0 saturated carbocycles. The van der Waals surface area contributed by atoms with Gasteiger partial charge in [-0.3, -0.25) is 14.6 Å². The molecule has 8 nitrogen and oxygen atoms in total. The van der Waals surface area contributed by atoms with Crippen molar-refractivity contribution in [1.29, 1.82) is 0 Å². The maximum absolute atomic E-state index is 5.51. The highest BCUT2D eigenvalue weighted by Gasteiger charge is 2.14. The van der Waals surface area contributed by atoms with E-state index in [9.17, 15) is 0 Å². The van der Waals surface area contributed by atoms with Gasteiger partial charge in [0.1, 0.15) is 11.5 Å². The predicted molar refractivity (Wildman–Crippen MR) is 139 cm³/mol. The summed E-state index contributed by atoms with van der Waals surface area (Å²) in [6.45, 7) is 0.423. The summed E-state index contributed by atoms with van der Waals surface area (Å²) >= 11 is 0. The SMILES string of the molecule is COc1cc(OC)cc(N(CC#Cc2cccnc2)c2ccc3ncc(-c4cnn(C)c4)nc3c2)c1. The van der Waals surface area contributed by atoms with Gasteiger partial charge in [0.25, 0.3) is 0 Å². The molecule has 0 spiro atoms. The van der Waals surface area contributed by atoms with Gasteiger partial charge in [-0.1, -0.05) is 11.8 Å². The molecule has 0 amide bonds. The number of pyridine rings is 1. The van der Waals surface area contributed by atoms with E-state index < -0.39 is 0 Å². The van der Waals surface area contributed by atoms with Gasteiger partial charge in [-0.05, 0) is 30.3 Å². The summed E-state index contributed by atoms with van der Waals surface area (Å²) in [5.74, 6) is 7.83. The minimum Gasteiger partial charge on any atom is -0.497 e. The van der Waals surface area contributed by atoms with Crippen LogP contribution in [0.4, 0.5) is 11.4 Å². The summed E-state index contributed by atoms with van der Waals surface area (Å²) in [5, 5.41) is 4.25. The fourth-order valence-corrected chi connectivity index (χ4v) is 3.80. The van der Waals surface area contributed by atoms with Crippen LogP contribution in [-0.2, 0) is 7.05 Å². The van der Waals surface area contributed by atoms with Gasteiger partial charge in [0.15, 0.2) is 0 Å². The van der Waals surface area contributed by atoms with Crippen molar-refractivity contribution in [3.05, 3.63) is 85.1 Å². The van der Waals surface area contributed by atoms with Gasteiger partial charge in [-0.2, -0.15) is 5.10 Å². The molecule has 0 N–H and O–H groups in total. The van der Waals surface area contributed by atoms with Crippen molar-refractivity contribution in [1.82, 2.24) is 24.7 Å². The molecule has 8 heteroatoms. The average Bonchev–Trinajstić information content (AvgIpc) is 3.37. The lowest BCUT2D eigenvalue weighted by molar-refractivity contribution is 0.394. The second-order valence-electron chi connectivity index (χ2n) is 8.03. The van der Waals surface area contributed by atoms with E-state index in [0.717, 1.165) is 39.2 Å². The first-order valence-corrected chi connectivity index (χ1v) is 11.3. The van der Waals surface area contributed by atoms with E-state index in [2.05, 4.69) is 31.8 Å². The standard InChI is InChI=1S/C28H24N6O2/c1-33-19-21(17-31-33)28-18-30-26-9-8-22(14-27(26)32-28)34(11-5-7-20-6-4-10-29-16-20)23-12-24(35-2)15-25(13-23)36-3/h4,6,8-10,12-19H,11H2,1-3H3. The lowest BCUT2D eigenvalue weighted by atomic mass is 10.2. The number of aromatic nitrogens is 5. The molecule has 178 valence electrons. The minimum atomic E-state index is 0.423. The topological polar surface area (TPSA) is 78.2 Å². The zero-order chi connectivity index (χ0) is 24.9. The molecule has 3 heterocycles. The Hall–Kier alpha value is -4.90. The third kappa shape index (κ3) is 4.95. The Morgan fingerprint density at radius 3 is 2.44 bits per heavy atom. The molecule has 2 aromatic carbocycles. The number of rotatable bonds is 6. The monoisotopic (exact) mass is 476 g/mol. The normalized spacial score (nSPS) is 10.5. The second kappa shape index (κ2) is 10.2. The highest BCUT2D eigenvalue weighted by Crippen LogP contribution is 2.34. The Kier molecular flexibility index (Phi) is 6.45. The maximum Gasteiger partial charge on any atom is 0.124 e. The Morgan fingerprint density at radius 1 is 0.917 bits per heavy atom. The summed E-state index contributed by atoms with van der Waals surface area (Å²) in [7, 11) is 5.15. The zero-order valence-corrected chi connectivity index (χ0v) is 20.2. The van der Waals surface area contributed by atoms with Crippen molar-refractivity contribution in [3.8, 4) is 34.6 Å². The number of fused-ring (bicyclic) bond motifs is 1. The Balaban J connectivity index is 1.58. The van der Waals surface area contributed by atoms with Gasteiger partial charge in [-0.25, -0.2) is 4.98 Å². The highest BCUT2D eigenvalue weighted by molar-refractivity contribution is 5.83. The molecule has 5 aromatic rings. The van der Waals surface area contributed by atoms with E-state index in [1.165, 1.54) is 0 Å². The van der Waals surface area contributed by atoms with Gasteiger partial charge in [0, 0.05) is 66.3 Å². The van der Waals surface area contributed by atoms with Crippen molar-refractivity contribution in [2.45, 2.75) is 0 Å². The summed E-state index contributed by atoms with van der Waals surface area (Å²) in [4.78, 5) is 15.7. The van der Waals surface area contributed by atoms with Crippen molar-refractivity contribution in [2.24, 2.45) is 7.05 Å². The van der Waals surface area contributed by atoms with Crippen LogP contribution < -0.4 is 14.4 Å². The van der Waals surface area contributed by atoms with E-state index in [4.69, 9.17) is 14.5 Å². The number of nitrogens with zero attached hydrogens (tertiary/aromatic N) is 6. The van der Waals surface area contributed by atoms with Crippen LogP contribution in [0.5, 0.6) is 11.5 Å². The third-order valence-corrected chi connectivity index (χ3v) is 5.62. The summed E-state index contributed by atoms with van der Waals surface area (Å²) in [5.41, 5.74) is 5.89. The molecule has 0 unspecified atom stereocenters. The zero-order valence-electron chi connectivity index (χ0n) is 20.2. The van der Waals surface area contributed by atoms with Crippen molar-refractivity contribution in [3.63, 3.8) is 0 Å². The Labute approximate surface area is 209 Å². The molecule has 5 rings (SSSR count). The first-order valence-electron chi connectivity index (χ1n) is 11.3. The molecule has 0 fully saturated rings. The molecule has 0 saturated heterocycles. The second-order valence-corrected chi connectivity index (χ2v) is 8.03. The maximum atomic E-state index is 5.51. The number of anilines is 2. The fourth-order valence-electron chi connectivity index (χ4n) is 3.80. The minimum absolute atomic E-state index is 0.423. The molecule has 0 aliphatic carbocycles. The third-order valence-electron chi connectivity index (χ3n) is 5.62. The Morgan fingerprint density at radius 2 is 1.75 bits per heavy atom. The number of hydrogen-bond donors (Lipinski definition) is 0. The van der Waals surface area contributed by atoms with E-state index in [1.807, 2.05) is 61.8 Å². The van der Waals surface area contributed by atoms with Crippen LogP contribution in [-0.4, -0.2) is 45.5 Å². The first kappa shape index (κ1) is 22.9. The van der Waals surface area contributed by atoms with Crippen LogP contribution in [0.15, 0.2) is 79.5 Å². The molecule has 0 aliphatic heterocycles. The first-order chi connectivity index (χ1) is 17.6. The average molecular weight is 477 g/mol. The number of benzene rings is 2. The number of hydrogen-bond acceptors (Lipinski definition) is 7. The fraction of sp³-hybridized carbons (Fsp3) is 0.143. The van der Waals surface area contributed by atoms with Crippen LogP contribution in [0.3, 0.4) is 0 Å². The molecular formula is C28H24N6O2. The Bertz CT molecular complexity index is 1550. The summed E-state index contributed by atoms with van der Waals surface area (Å²) in [6, 6.07) is 15.5. The van der Waals surface area contributed by atoms with E-state index in [-0.39, 0.29) is 0 Å². The summed E-state index contributed by atoms with van der Waals surface area (Å²) in [6.07, 6.45) is 8.95. The number of aryl methyl sites for hydroxylation is 1. The molecule has 0 atom stereocenters. The van der Waals surface area contributed by atoms with Crippen molar-refractivity contribution >= 4 is 22.4 Å². The van der Waals surface area contributed by atoms with Gasteiger partial charge in [-0.15, -0.1) is 0 Å². The van der Waals surface area contributed by atoms with Crippen LogP contribution in [0.2, 0.25) is 0 Å². The van der Waals surface area contributed by atoms with Gasteiger partial charge in [0.05, 0.1) is 49.9 Å². The van der Waals surface area contributed by atoms with Crippen LogP contribution >= 0.6 is 0 Å². The van der Waals surface area contributed by atoms with E-state index in [0.29, 0.717) is 18.0 Å². The molecule has 3 aromatic heterocycles.